The maximum absolute atomic E-state index is 12.0. The first-order chi connectivity index (χ1) is 7.83. The molecule has 2 rings (SSSR count). The monoisotopic (exact) mass is 301 g/mol. The van der Waals surface area contributed by atoms with Crippen LogP contribution in [0.5, 0.6) is 0 Å². The number of amides is 1. The number of hydrogen-bond donors (Lipinski definition) is 1. The normalized spacial score (nSPS) is 40.3. The van der Waals surface area contributed by atoms with E-state index < -0.39 is 0 Å². The van der Waals surface area contributed by atoms with Crippen molar-refractivity contribution in [2.75, 3.05) is 0 Å². The standard InChI is InChI=1S/C14H24BrNO/c1-5-10(15)12(17)16-11-8-9-6-7-14(11,4)13(9,2)3/h9-11H,5-8H2,1-4H3,(H,16,17). The maximum Gasteiger partial charge on any atom is 0.234 e. The summed E-state index contributed by atoms with van der Waals surface area (Å²) < 4.78 is 0. The largest absolute Gasteiger partial charge is 0.352 e. The summed E-state index contributed by atoms with van der Waals surface area (Å²) in [6.07, 6.45) is 4.61. The Bertz CT molecular complexity index is 328. The van der Waals surface area contributed by atoms with E-state index in [1.54, 1.807) is 0 Å². The van der Waals surface area contributed by atoms with Crippen molar-refractivity contribution in [3.8, 4) is 0 Å². The zero-order valence-electron chi connectivity index (χ0n) is 11.3. The fourth-order valence-electron chi connectivity index (χ4n) is 3.87. The molecule has 2 nitrogen and oxygen atoms in total. The van der Waals surface area contributed by atoms with E-state index in [4.69, 9.17) is 0 Å². The van der Waals surface area contributed by atoms with Gasteiger partial charge in [0.2, 0.25) is 5.91 Å². The quantitative estimate of drug-likeness (QED) is 0.794. The SMILES string of the molecule is CCC(Br)C(=O)NC1CC2CCC1(C)C2(C)C. The molecule has 0 saturated heterocycles. The molecule has 2 bridgehead atoms. The van der Waals surface area contributed by atoms with Crippen LogP contribution in [-0.2, 0) is 4.79 Å². The summed E-state index contributed by atoms with van der Waals surface area (Å²) in [4.78, 5) is 12.0. The highest BCUT2D eigenvalue weighted by molar-refractivity contribution is 9.10. The van der Waals surface area contributed by atoms with E-state index in [0.29, 0.717) is 11.5 Å². The highest BCUT2D eigenvalue weighted by Gasteiger charge is 2.61. The maximum atomic E-state index is 12.0. The molecule has 1 amide bonds. The molecular weight excluding hydrogens is 278 g/mol. The van der Waals surface area contributed by atoms with Crippen LogP contribution in [0.15, 0.2) is 0 Å². The predicted molar refractivity (Wildman–Crippen MR) is 74.2 cm³/mol. The highest BCUT2D eigenvalue weighted by atomic mass is 79.9. The number of halogens is 1. The summed E-state index contributed by atoms with van der Waals surface area (Å²) in [6.45, 7) is 9.15. The minimum atomic E-state index is -0.0339. The number of fused-ring (bicyclic) bond motifs is 2. The van der Waals surface area contributed by atoms with Crippen LogP contribution in [0.1, 0.15) is 53.4 Å². The summed E-state index contributed by atoms with van der Waals surface area (Å²) in [6, 6.07) is 0.371. The Hall–Kier alpha value is -0.0500. The highest BCUT2D eigenvalue weighted by Crippen LogP contribution is 2.65. The lowest BCUT2D eigenvalue weighted by Crippen LogP contribution is -2.48. The van der Waals surface area contributed by atoms with Crippen LogP contribution in [0.4, 0.5) is 0 Å². The molecule has 17 heavy (non-hydrogen) atoms. The van der Waals surface area contributed by atoms with Crippen molar-refractivity contribution in [2.45, 2.75) is 64.2 Å². The van der Waals surface area contributed by atoms with Gasteiger partial charge in [-0.1, -0.05) is 43.6 Å². The minimum absolute atomic E-state index is 0.0339. The molecule has 1 N–H and O–H groups in total. The summed E-state index contributed by atoms with van der Waals surface area (Å²) >= 11 is 3.44. The number of alkyl halides is 1. The average molecular weight is 302 g/mol. The predicted octanol–water partition coefficient (Wildman–Crippen LogP) is 3.49. The van der Waals surface area contributed by atoms with Crippen LogP contribution < -0.4 is 5.32 Å². The van der Waals surface area contributed by atoms with Gasteiger partial charge in [-0.25, -0.2) is 0 Å². The van der Waals surface area contributed by atoms with E-state index in [-0.39, 0.29) is 16.1 Å². The lowest BCUT2D eigenvalue weighted by atomic mass is 9.69. The molecule has 4 atom stereocenters. The number of carbonyl (C=O) groups is 1. The van der Waals surface area contributed by atoms with Crippen LogP contribution >= 0.6 is 15.9 Å². The number of rotatable bonds is 3. The molecule has 0 aromatic heterocycles. The van der Waals surface area contributed by atoms with Crippen molar-refractivity contribution in [3.05, 3.63) is 0 Å². The summed E-state index contributed by atoms with van der Waals surface area (Å²) in [5.41, 5.74) is 0.659. The van der Waals surface area contributed by atoms with Gasteiger partial charge in [-0.15, -0.1) is 0 Å². The molecule has 0 aromatic rings. The van der Waals surface area contributed by atoms with Crippen LogP contribution in [0.3, 0.4) is 0 Å². The topological polar surface area (TPSA) is 29.1 Å². The molecule has 0 aromatic carbocycles. The Kier molecular flexibility index (Phi) is 3.35. The molecule has 0 spiro atoms. The fraction of sp³-hybridized carbons (Fsp3) is 0.929. The Labute approximate surface area is 113 Å². The smallest absolute Gasteiger partial charge is 0.234 e. The van der Waals surface area contributed by atoms with Gasteiger partial charge < -0.3 is 5.32 Å². The second kappa shape index (κ2) is 4.25. The van der Waals surface area contributed by atoms with Gasteiger partial charge in [0.25, 0.3) is 0 Å². The van der Waals surface area contributed by atoms with Crippen molar-refractivity contribution < 1.29 is 4.79 Å². The van der Waals surface area contributed by atoms with Gasteiger partial charge in [0, 0.05) is 6.04 Å². The Morgan fingerprint density at radius 2 is 2.12 bits per heavy atom. The zero-order valence-corrected chi connectivity index (χ0v) is 12.9. The van der Waals surface area contributed by atoms with Gasteiger partial charge in [0.15, 0.2) is 0 Å². The molecule has 0 radical (unpaired) electrons. The average Bonchev–Trinajstić information content (AvgIpc) is 2.60. The first-order valence-corrected chi connectivity index (χ1v) is 7.69. The summed E-state index contributed by atoms with van der Waals surface area (Å²) in [7, 11) is 0. The summed E-state index contributed by atoms with van der Waals surface area (Å²) in [5, 5.41) is 3.27. The number of hydrogen-bond acceptors (Lipinski definition) is 1. The molecule has 0 heterocycles. The van der Waals surface area contributed by atoms with Gasteiger partial charge >= 0.3 is 0 Å². The van der Waals surface area contributed by atoms with Gasteiger partial charge in [-0.05, 0) is 42.4 Å². The Balaban J connectivity index is 2.08. The first-order valence-electron chi connectivity index (χ1n) is 6.77. The molecule has 2 saturated carbocycles. The molecular formula is C14H24BrNO. The molecule has 0 aliphatic heterocycles. The number of nitrogens with one attached hydrogen (secondary N) is 1. The zero-order chi connectivity index (χ0) is 12.8. The second-order valence-corrected chi connectivity index (χ2v) is 7.65. The van der Waals surface area contributed by atoms with Crippen molar-refractivity contribution in [1.29, 1.82) is 0 Å². The van der Waals surface area contributed by atoms with Crippen LogP contribution in [0, 0.1) is 16.7 Å². The van der Waals surface area contributed by atoms with E-state index in [1.165, 1.54) is 19.3 Å². The first kappa shape index (κ1) is 13.4. The third-order valence-electron chi connectivity index (χ3n) is 5.75. The molecule has 4 unspecified atom stereocenters. The molecule has 2 fully saturated rings. The fourth-order valence-corrected chi connectivity index (χ4v) is 4.00. The molecule has 3 heteroatoms. The second-order valence-electron chi connectivity index (χ2n) is 6.55. The number of carbonyl (C=O) groups excluding carboxylic acids is 1. The lowest BCUT2D eigenvalue weighted by Gasteiger charge is -2.39. The van der Waals surface area contributed by atoms with E-state index in [0.717, 1.165) is 12.3 Å². The third-order valence-corrected chi connectivity index (χ3v) is 6.82. The van der Waals surface area contributed by atoms with Gasteiger partial charge in [-0.2, -0.15) is 0 Å². The molecule has 98 valence electrons. The van der Waals surface area contributed by atoms with Crippen LogP contribution in [0.2, 0.25) is 0 Å². The Morgan fingerprint density at radius 1 is 1.47 bits per heavy atom. The molecule has 2 aliphatic carbocycles. The van der Waals surface area contributed by atoms with E-state index in [9.17, 15) is 4.79 Å². The minimum Gasteiger partial charge on any atom is -0.352 e. The van der Waals surface area contributed by atoms with Crippen LogP contribution in [0.25, 0.3) is 0 Å². The van der Waals surface area contributed by atoms with Gasteiger partial charge in [0.05, 0.1) is 4.83 Å². The Morgan fingerprint density at radius 3 is 2.53 bits per heavy atom. The lowest BCUT2D eigenvalue weighted by molar-refractivity contribution is -0.122. The molecule has 2 aliphatic rings. The van der Waals surface area contributed by atoms with Gasteiger partial charge in [0.1, 0.15) is 0 Å². The van der Waals surface area contributed by atoms with Crippen molar-refractivity contribution in [2.24, 2.45) is 16.7 Å². The van der Waals surface area contributed by atoms with Crippen molar-refractivity contribution in [1.82, 2.24) is 5.32 Å². The van der Waals surface area contributed by atoms with Gasteiger partial charge in [-0.3, -0.25) is 4.79 Å². The van der Waals surface area contributed by atoms with E-state index in [1.807, 2.05) is 6.92 Å². The third kappa shape index (κ3) is 1.85. The van der Waals surface area contributed by atoms with E-state index in [2.05, 4.69) is 42.0 Å². The summed E-state index contributed by atoms with van der Waals surface area (Å²) in [5.74, 6) is 0.954. The van der Waals surface area contributed by atoms with Crippen molar-refractivity contribution in [3.63, 3.8) is 0 Å². The van der Waals surface area contributed by atoms with Crippen LogP contribution in [-0.4, -0.2) is 16.8 Å². The van der Waals surface area contributed by atoms with Crippen molar-refractivity contribution >= 4 is 21.8 Å². The van der Waals surface area contributed by atoms with E-state index >= 15 is 0 Å².